The van der Waals surface area contributed by atoms with Gasteiger partial charge in [-0.15, -0.1) is 5.10 Å². The lowest BCUT2D eigenvalue weighted by Crippen LogP contribution is -2.17. The van der Waals surface area contributed by atoms with Gasteiger partial charge in [0, 0.05) is 18.0 Å². The van der Waals surface area contributed by atoms with E-state index in [0.29, 0.717) is 6.42 Å². The van der Waals surface area contributed by atoms with E-state index >= 15 is 0 Å². The van der Waals surface area contributed by atoms with Crippen molar-refractivity contribution in [2.24, 2.45) is 0 Å². The number of tetrazole rings is 1. The molecule has 0 saturated carbocycles. The predicted molar refractivity (Wildman–Crippen MR) is 112 cm³/mol. The number of benzene rings is 3. The highest BCUT2D eigenvalue weighted by atomic mass is 16.1. The van der Waals surface area contributed by atoms with Crippen LogP contribution >= 0.6 is 0 Å². The monoisotopic (exact) mass is 383 g/mol. The Morgan fingerprint density at radius 3 is 2.17 bits per heavy atom. The fraction of sp³-hybridized carbons (Fsp3) is 0.130. The lowest BCUT2D eigenvalue weighted by atomic mass is 9.88. The SMILES string of the molecule is Cc1c(NC(=O)CC(c2ccccc2)c2ccccc2)cccc1-n1cnnn1. The van der Waals surface area contributed by atoms with Crippen molar-refractivity contribution >= 4 is 11.6 Å². The van der Waals surface area contributed by atoms with Crippen LogP contribution in [0.5, 0.6) is 0 Å². The zero-order chi connectivity index (χ0) is 20.1. The van der Waals surface area contributed by atoms with Crippen molar-refractivity contribution in [2.45, 2.75) is 19.3 Å². The highest BCUT2D eigenvalue weighted by molar-refractivity contribution is 5.92. The number of rotatable bonds is 6. The Hall–Kier alpha value is -3.80. The summed E-state index contributed by atoms with van der Waals surface area (Å²) in [5.74, 6) is -0.0555. The number of hydrogen-bond acceptors (Lipinski definition) is 4. The number of amides is 1. The topological polar surface area (TPSA) is 72.7 Å². The van der Waals surface area contributed by atoms with Crippen LogP contribution in [0.1, 0.15) is 29.0 Å². The van der Waals surface area contributed by atoms with Gasteiger partial charge in [0.1, 0.15) is 6.33 Å². The van der Waals surface area contributed by atoms with Gasteiger partial charge in [0.25, 0.3) is 0 Å². The third kappa shape index (κ3) is 4.21. The van der Waals surface area contributed by atoms with Gasteiger partial charge in [0.05, 0.1) is 5.69 Å². The molecule has 144 valence electrons. The summed E-state index contributed by atoms with van der Waals surface area (Å²) in [7, 11) is 0. The molecule has 0 saturated heterocycles. The van der Waals surface area contributed by atoms with Crippen molar-refractivity contribution in [1.29, 1.82) is 0 Å². The Kier molecular flexibility index (Phi) is 5.42. The molecule has 0 bridgehead atoms. The molecule has 0 aliphatic rings. The van der Waals surface area contributed by atoms with E-state index in [1.165, 1.54) is 6.33 Å². The zero-order valence-corrected chi connectivity index (χ0v) is 16.1. The van der Waals surface area contributed by atoms with Gasteiger partial charge in [-0.3, -0.25) is 4.79 Å². The number of hydrogen-bond donors (Lipinski definition) is 1. The molecular weight excluding hydrogens is 362 g/mol. The molecule has 4 aromatic rings. The van der Waals surface area contributed by atoms with Crippen molar-refractivity contribution in [2.75, 3.05) is 5.32 Å². The second kappa shape index (κ2) is 8.48. The zero-order valence-electron chi connectivity index (χ0n) is 16.1. The van der Waals surface area contributed by atoms with Crippen molar-refractivity contribution < 1.29 is 4.79 Å². The van der Waals surface area contributed by atoms with Crippen LogP contribution < -0.4 is 5.32 Å². The molecule has 1 amide bonds. The van der Waals surface area contributed by atoms with Crippen LogP contribution in [-0.2, 0) is 4.79 Å². The lowest BCUT2D eigenvalue weighted by molar-refractivity contribution is -0.116. The van der Waals surface area contributed by atoms with Gasteiger partial charge in [-0.05, 0) is 46.2 Å². The first kappa shape index (κ1) is 18.6. The third-order valence-electron chi connectivity index (χ3n) is 4.97. The Labute approximate surface area is 169 Å². The van der Waals surface area contributed by atoms with Crippen LogP contribution in [0.2, 0.25) is 0 Å². The first-order valence-electron chi connectivity index (χ1n) is 9.45. The second-order valence-electron chi connectivity index (χ2n) is 6.83. The fourth-order valence-corrected chi connectivity index (χ4v) is 3.46. The van der Waals surface area contributed by atoms with E-state index in [1.807, 2.05) is 61.5 Å². The lowest BCUT2D eigenvalue weighted by Gasteiger charge is -2.19. The van der Waals surface area contributed by atoms with Crippen LogP contribution in [-0.4, -0.2) is 26.1 Å². The average Bonchev–Trinajstić information content (AvgIpc) is 3.29. The summed E-state index contributed by atoms with van der Waals surface area (Å²) in [6.45, 7) is 1.94. The Bertz CT molecular complexity index is 1040. The quantitative estimate of drug-likeness (QED) is 0.543. The maximum Gasteiger partial charge on any atom is 0.225 e. The number of aromatic nitrogens is 4. The number of nitrogens with one attached hydrogen (secondary N) is 1. The highest BCUT2D eigenvalue weighted by Crippen LogP contribution is 2.29. The first-order chi connectivity index (χ1) is 14.2. The summed E-state index contributed by atoms with van der Waals surface area (Å²) in [5.41, 5.74) is 4.73. The molecule has 0 aliphatic carbocycles. The molecule has 1 aromatic heterocycles. The van der Waals surface area contributed by atoms with Crippen LogP contribution in [0.3, 0.4) is 0 Å². The van der Waals surface area contributed by atoms with E-state index in [9.17, 15) is 4.79 Å². The minimum absolute atomic E-state index is 0.0135. The summed E-state index contributed by atoms with van der Waals surface area (Å²) in [6, 6.07) is 25.9. The molecule has 0 aliphatic heterocycles. The molecule has 0 radical (unpaired) electrons. The summed E-state index contributed by atoms with van der Waals surface area (Å²) in [5, 5.41) is 14.4. The Morgan fingerprint density at radius 1 is 0.931 bits per heavy atom. The molecule has 1 heterocycles. The summed E-state index contributed by atoms with van der Waals surface area (Å²) < 4.78 is 1.59. The number of carbonyl (C=O) groups is 1. The van der Waals surface area contributed by atoms with E-state index in [2.05, 4.69) is 45.1 Å². The normalized spacial score (nSPS) is 10.8. The molecule has 0 fully saturated rings. The second-order valence-corrected chi connectivity index (χ2v) is 6.83. The number of anilines is 1. The largest absolute Gasteiger partial charge is 0.326 e. The van der Waals surface area contributed by atoms with Gasteiger partial charge >= 0.3 is 0 Å². The van der Waals surface area contributed by atoms with Crippen LogP contribution in [0.15, 0.2) is 85.2 Å². The maximum absolute atomic E-state index is 13.0. The number of carbonyl (C=O) groups excluding carboxylic acids is 1. The van der Waals surface area contributed by atoms with E-state index < -0.39 is 0 Å². The van der Waals surface area contributed by atoms with Crippen molar-refractivity contribution in [3.05, 3.63) is 102 Å². The van der Waals surface area contributed by atoms with E-state index in [-0.39, 0.29) is 11.8 Å². The molecule has 29 heavy (non-hydrogen) atoms. The first-order valence-corrected chi connectivity index (χ1v) is 9.45. The van der Waals surface area contributed by atoms with E-state index in [0.717, 1.165) is 28.1 Å². The molecule has 6 heteroatoms. The van der Waals surface area contributed by atoms with Gasteiger partial charge in [0.15, 0.2) is 0 Å². The van der Waals surface area contributed by atoms with Gasteiger partial charge in [-0.2, -0.15) is 0 Å². The minimum Gasteiger partial charge on any atom is -0.326 e. The van der Waals surface area contributed by atoms with Crippen molar-refractivity contribution in [3.63, 3.8) is 0 Å². The summed E-state index contributed by atoms with van der Waals surface area (Å²) in [6.07, 6.45) is 1.89. The van der Waals surface area contributed by atoms with Crippen LogP contribution in [0, 0.1) is 6.92 Å². The Balaban J connectivity index is 1.57. The maximum atomic E-state index is 13.0. The Morgan fingerprint density at radius 2 is 1.59 bits per heavy atom. The fourth-order valence-electron chi connectivity index (χ4n) is 3.46. The van der Waals surface area contributed by atoms with Crippen LogP contribution in [0.4, 0.5) is 5.69 Å². The van der Waals surface area contributed by atoms with Crippen LogP contribution in [0.25, 0.3) is 5.69 Å². The molecule has 0 atom stereocenters. The van der Waals surface area contributed by atoms with E-state index in [4.69, 9.17) is 0 Å². The minimum atomic E-state index is -0.0420. The molecule has 0 unspecified atom stereocenters. The van der Waals surface area contributed by atoms with Gasteiger partial charge < -0.3 is 5.32 Å². The molecular formula is C23H21N5O. The molecule has 6 nitrogen and oxygen atoms in total. The van der Waals surface area contributed by atoms with Crippen molar-refractivity contribution in [3.8, 4) is 5.69 Å². The smallest absolute Gasteiger partial charge is 0.225 e. The van der Waals surface area contributed by atoms with Crippen molar-refractivity contribution in [1.82, 2.24) is 20.2 Å². The summed E-state index contributed by atoms with van der Waals surface area (Å²) >= 11 is 0. The molecule has 0 spiro atoms. The molecule has 1 N–H and O–H groups in total. The molecule has 4 rings (SSSR count). The predicted octanol–water partition coefficient (Wildman–Crippen LogP) is 4.13. The van der Waals surface area contributed by atoms with Gasteiger partial charge in [0.2, 0.25) is 5.91 Å². The highest BCUT2D eigenvalue weighted by Gasteiger charge is 2.19. The molecule has 3 aromatic carbocycles. The standard InChI is InChI=1S/C23H21N5O/c1-17-21(13-8-14-22(17)28-16-24-26-27-28)25-23(29)15-20(18-9-4-2-5-10-18)19-11-6-3-7-12-19/h2-14,16,20H,15H2,1H3,(H,25,29). The van der Waals surface area contributed by atoms with E-state index in [1.54, 1.807) is 4.68 Å². The summed E-state index contributed by atoms with van der Waals surface area (Å²) in [4.78, 5) is 13.0. The van der Waals surface area contributed by atoms with Gasteiger partial charge in [-0.1, -0.05) is 66.7 Å². The average molecular weight is 383 g/mol. The van der Waals surface area contributed by atoms with Gasteiger partial charge in [-0.25, -0.2) is 4.68 Å². The number of nitrogens with zero attached hydrogens (tertiary/aromatic N) is 4. The third-order valence-corrected chi connectivity index (χ3v) is 4.97.